The third-order valence-corrected chi connectivity index (χ3v) is 22.4. The maximum Gasteiger partial charge on any atom is 0.472 e. The summed E-state index contributed by atoms with van der Waals surface area (Å²) >= 11 is 0. The third-order valence-electron chi connectivity index (χ3n) is 20.5. The summed E-state index contributed by atoms with van der Waals surface area (Å²) in [5.74, 6) is -0.570. The third kappa shape index (κ3) is 80.1. The van der Waals surface area contributed by atoms with E-state index in [0.29, 0.717) is 25.7 Å². The van der Waals surface area contributed by atoms with Crippen LogP contribution in [0.15, 0.2) is 0 Å². The molecule has 0 aliphatic heterocycles. The molecule has 0 heterocycles. The van der Waals surface area contributed by atoms with E-state index in [0.717, 1.165) is 102 Å². The van der Waals surface area contributed by atoms with Crippen molar-refractivity contribution in [2.75, 3.05) is 39.6 Å². The van der Waals surface area contributed by atoms with E-state index in [-0.39, 0.29) is 25.7 Å². The fourth-order valence-corrected chi connectivity index (χ4v) is 15.2. The Morgan fingerprint density at radius 3 is 0.642 bits per heavy atom. The van der Waals surface area contributed by atoms with E-state index in [1.165, 1.54) is 283 Å². The van der Waals surface area contributed by atoms with E-state index < -0.39 is 97.5 Å². The second-order valence-corrected chi connectivity index (χ2v) is 35.1. The van der Waals surface area contributed by atoms with Gasteiger partial charge in [0.05, 0.1) is 26.4 Å². The Morgan fingerprint density at radius 1 is 0.255 bits per heavy atom. The van der Waals surface area contributed by atoms with Crippen LogP contribution >= 0.6 is 15.6 Å². The molecule has 19 heteroatoms. The van der Waals surface area contributed by atoms with E-state index in [1.807, 2.05) is 0 Å². The Bertz CT molecular complexity index is 2030. The summed E-state index contributed by atoms with van der Waals surface area (Å²) in [6.45, 7) is 9.68. The highest BCUT2D eigenvalue weighted by molar-refractivity contribution is 7.47. The topological polar surface area (TPSA) is 237 Å². The molecule has 17 nitrogen and oxygen atoms in total. The first-order valence-electron chi connectivity index (χ1n) is 45.0. The van der Waals surface area contributed by atoms with Crippen molar-refractivity contribution in [1.82, 2.24) is 0 Å². The molecule has 0 aliphatic rings. The van der Waals surface area contributed by atoms with Crippen molar-refractivity contribution in [2.45, 2.75) is 484 Å². The fraction of sp³-hybridized carbons (Fsp3) is 0.954. The lowest BCUT2D eigenvalue weighted by molar-refractivity contribution is -0.161. The van der Waals surface area contributed by atoms with Gasteiger partial charge in [0.15, 0.2) is 12.2 Å². The van der Waals surface area contributed by atoms with Crippen LogP contribution in [0, 0.1) is 11.8 Å². The van der Waals surface area contributed by atoms with Gasteiger partial charge in [-0.25, -0.2) is 9.13 Å². The van der Waals surface area contributed by atoms with Gasteiger partial charge in [-0.15, -0.1) is 0 Å². The number of ether oxygens (including phenoxy) is 4. The molecule has 0 aromatic heterocycles. The SMILES string of the molecule is CCCCCCCCCCCCCCCCCCCCCCCC(=O)O[C@H](COC(=O)CCCCCCCCCCCCCCCCCCC)COP(=O)(O)OC[C@@H](O)COP(=O)(O)OC[C@@H](COC(=O)CCCCCCCCCCCC(C)C)OC(=O)CCCCCCCCCCCCCCCC(C)C. The summed E-state index contributed by atoms with van der Waals surface area (Å²) in [5.41, 5.74) is 0. The zero-order valence-electron chi connectivity index (χ0n) is 69.7. The molecule has 0 aromatic carbocycles. The highest BCUT2D eigenvalue weighted by Crippen LogP contribution is 2.45. The highest BCUT2D eigenvalue weighted by Gasteiger charge is 2.30. The summed E-state index contributed by atoms with van der Waals surface area (Å²) in [4.78, 5) is 73.3. The molecule has 106 heavy (non-hydrogen) atoms. The van der Waals surface area contributed by atoms with Crippen molar-refractivity contribution in [3.63, 3.8) is 0 Å². The lowest BCUT2D eigenvalue weighted by Gasteiger charge is -2.21. The molecule has 0 bridgehead atoms. The minimum atomic E-state index is -4.97. The second kappa shape index (κ2) is 78.3. The number of aliphatic hydroxyl groups excluding tert-OH is 1. The van der Waals surface area contributed by atoms with E-state index >= 15 is 0 Å². The van der Waals surface area contributed by atoms with Crippen molar-refractivity contribution < 1.29 is 80.2 Å². The Hall–Kier alpha value is -1.94. The van der Waals surface area contributed by atoms with Gasteiger partial charge in [0.2, 0.25) is 0 Å². The van der Waals surface area contributed by atoms with Gasteiger partial charge in [-0.3, -0.25) is 37.3 Å². The number of esters is 4. The predicted octanol–water partition coefficient (Wildman–Crippen LogP) is 26.6. The minimum Gasteiger partial charge on any atom is -0.462 e. The smallest absolute Gasteiger partial charge is 0.462 e. The molecule has 5 atom stereocenters. The fourth-order valence-electron chi connectivity index (χ4n) is 13.6. The van der Waals surface area contributed by atoms with Crippen molar-refractivity contribution in [2.24, 2.45) is 11.8 Å². The van der Waals surface area contributed by atoms with Crippen molar-refractivity contribution in [3.05, 3.63) is 0 Å². The Kier molecular flexibility index (Phi) is 76.9. The molecule has 0 fully saturated rings. The van der Waals surface area contributed by atoms with E-state index in [4.69, 9.17) is 37.0 Å². The number of phosphoric ester groups is 2. The molecule has 3 N–H and O–H groups in total. The van der Waals surface area contributed by atoms with Crippen LogP contribution in [0.25, 0.3) is 0 Å². The molecular weight excluding hydrogens is 1380 g/mol. The van der Waals surface area contributed by atoms with Crippen LogP contribution in [-0.4, -0.2) is 96.7 Å². The maximum atomic E-state index is 13.2. The Balaban J connectivity index is 5.25. The molecule has 0 spiro atoms. The lowest BCUT2D eigenvalue weighted by Crippen LogP contribution is -2.30. The van der Waals surface area contributed by atoms with E-state index in [1.54, 1.807) is 0 Å². The molecule has 630 valence electrons. The first-order valence-corrected chi connectivity index (χ1v) is 48.0. The lowest BCUT2D eigenvalue weighted by atomic mass is 10.0. The molecule has 0 rings (SSSR count). The monoisotopic (exact) mass is 1550 g/mol. The molecule has 0 saturated heterocycles. The molecular formula is C87H170O17P2. The average Bonchev–Trinajstić information content (AvgIpc) is 0.901. The zero-order valence-corrected chi connectivity index (χ0v) is 71.5. The molecule has 0 amide bonds. The molecule has 0 radical (unpaired) electrons. The molecule has 0 aromatic rings. The van der Waals surface area contributed by atoms with Gasteiger partial charge in [-0.05, 0) is 37.5 Å². The van der Waals surface area contributed by atoms with Crippen molar-refractivity contribution >= 4 is 39.5 Å². The number of phosphoric acid groups is 2. The molecule has 0 aliphatic carbocycles. The first kappa shape index (κ1) is 104. The van der Waals surface area contributed by atoms with Gasteiger partial charge in [-0.1, -0.05) is 414 Å². The summed E-state index contributed by atoms with van der Waals surface area (Å²) in [5, 5.41) is 10.7. The van der Waals surface area contributed by atoms with Crippen molar-refractivity contribution in [1.29, 1.82) is 0 Å². The van der Waals surface area contributed by atoms with Gasteiger partial charge in [0.1, 0.15) is 19.3 Å². The van der Waals surface area contributed by atoms with E-state index in [2.05, 4.69) is 41.5 Å². The van der Waals surface area contributed by atoms with Gasteiger partial charge in [0, 0.05) is 25.7 Å². The predicted molar refractivity (Wildman–Crippen MR) is 437 cm³/mol. The number of aliphatic hydroxyl groups is 1. The Labute approximate surface area is 651 Å². The van der Waals surface area contributed by atoms with Crippen LogP contribution in [0.2, 0.25) is 0 Å². The summed E-state index contributed by atoms with van der Waals surface area (Å²) in [7, 11) is -9.93. The van der Waals surface area contributed by atoms with Crippen LogP contribution in [0.4, 0.5) is 0 Å². The average molecular weight is 1550 g/mol. The second-order valence-electron chi connectivity index (χ2n) is 32.2. The van der Waals surface area contributed by atoms with Gasteiger partial charge in [0.25, 0.3) is 0 Å². The van der Waals surface area contributed by atoms with Crippen LogP contribution in [0.3, 0.4) is 0 Å². The van der Waals surface area contributed by atoms with Crippen LogP contribution in [0.5, 0.6) is 0 Å². The zero-order chi connectivity index (χ0) is 77.8. The number of rotatable bonds is 86. The first-order chi connectivity index (χ1) is 51.4. The van der Waals surface area contributed by atoms with Gasteiger partial charge < -0.3 is 33.8 Å². The molecule has 0 saturated carbocycles. The van der Waals surface area contributed by atoms with Crippen LogP contribution in [0.1, 0.15) is 465 Å². The van der Waals surface area contributed by atoms with Crippen molar-refractivity contribution in [3.8, 4) is 0 Å². The van der Waals surface area contributed by atoms with Crippen LogP contribution < -0.4 is 0 Å². The largest absolute Gasteiger partial charge is 0.472 e. The summed E-state index contributed by atoms with van der Waals surface area (Å²) < 4.78 is 69.0. The van der Waals surface area contributed by atoms with E-state index in [9.17, 15) is 43.2 Å². The number of unbranched alkanes of at least 4 members (excludes halogenated alkanes) is 56. The number of carbonyl (C=O) groups excluding carboxylic acids is 4. The van der Waals surface area contributed by atoms with Gasteiger partial charge >= 0.3 is 39.5 Å². The Morgan fingerprint density at radius 2 is 0.434 bits per heavy atom. The number of hydrogen-bond donors (Lipinski definition) is 3. The van der Waals surface area contributed by atoms with Crippen LogP contribution in [-0.2, 0) is 65.4 Å². The normalized spacial score (nSPS) is 13.8. The minimum absolute atomic E-state index is 0.107. The number of hydrogen-bond acceptors (Lipinski definition) is 15. The molecule has 2 unspecified atom stereocenters. The summed E-state index contributed by atoms with van der Waals surface area (Å²) in [6, 6.07) is 0. The quantitative estimate of drug-likeness (QED) is 0.0222. The standard InChI is InChI=1S/C87H170O17P2/c1-7-9-11-13-15-17-19-21-23-25-26-27-28-30-32-36-40-46-53-59-65-71-86(91)103-82(75-97-84(89)69-63-57-51-45-39-35-31-29-24-22-20-18-16-14-12-10-8-2)77-101-105(93,94)99-73-81(88)74-100-106(95,96)102-78-83(76-98-85(90)70-64-58-52-48-42-44-50-56-62-68-80(5)6)104-87(92)72-66-60-54-47-41-37-33-34-38-43-49-55-61-67-79(3)4/h79-83,88H,7-78H2,1-6H3,(H,93,94)(H,95,96)/t81-,82-,83-/m1/s1. The summed E-state index contributed by atoms with van der Waals surface area (Å²) in [6.07, 6.45) is 70.8. The van der Waals surface area contributed by atoms with Gasteiger partial charge in [-0.2, -0.15) is 0 Å². The number of carbonyl (C=O) groups is 4. The highest BCUT2D eigenvalue weighted by atomic mass is 31.2. The maximum absolute atomic E-state index is 13.2.